The number of carbonyl (C=O) groups is 1. The molecule has 0 atom stereocenters. The Bertz CT molecular complexity index is 955. The lowest BCUT2D eigenvalue weighted by molar-refractivity contribution is 0.102. The van der Waals surface area contributed by atoms with E-state index in [4.69, 9.17) is 9.47 Å². The van der Waals surface area contributed by atoms with E-state index in [1.165, 1.54) is 0 Å². The van der Waals surface area contributed by atoms with Gasteiger partial charge in [0.1, 0.15) is 5.82 Å². The van der Waals surface area contributed by atoms with Crippen LogP contribution < -0.4 is 20.1 Å². The van der Waals surface area contributed by atoms with Crippen molar-refractivity contribution in [2.45, 2.75) is 13.3 Å². The van der Waals surface area contributed by atoms with E-state index in [0.717, 1.165) is 23.4 Å². The summed E-state index contributed by atoms with van der Waals surface area (Å²) in [5.41, 5.74) is 3.21. The first-order valence-electron chi connectivity index (χ1n) is 8.99. The lowest BCUT2D eigenvalue weighted by Crippen LogP contribution is -2.13. The summed E-state index contributed by atoms with van der Waals surface area (Å²) in [4.78, 5) is 16.8. The van der Waals surface area contributed by atoms with Crippen LogP contribution in [0.4, 0.5) is 17.2 Å². The molecule has 0 radical (unpaired) electrons. The summed E-state index contributed by atoms with van der Waals surface area (Å²) in [7, 11) is 3.18. The first-order valence-corrected chi connectivity index (χ1v) is 8.99. The maximum Gasteiger partial charge on any atom is 0.257 e. The quantitative estimate of drug-likeness (QED) is 0.627. The second-order valence-corrected chi connectivity index (χ2v) is 6.09. The molecular weight excluding hydrogens is 354 g/mol. The third kappa shape index (κ3) is 4.40. The molecule has 0 unspecified atom stereocenters. The highest BCUT2D eigenvalue weighted by Crippen LogP contribution is 2.30. The molecule has 1 heterocycles. The van der Waals surface area contributed by atoms with E-state index in [2.05, 4.69) is 22.5 Å². The van der Waals surface area contributed by atoms with Crippen LogP contribution in [0.3, 0.4) is 0 Å². The van der Waals surface area contributed by atoms with Crippen LogP contribution in [0, 0.1) is 0 Å². The predicted molar refractivity (Wildman–Crippen MR) is 111 cm³/mol. The second-order valence-electron chi connectivity index (χ2n) is 6.09. The van der Waals surface area contributed by atoms with Gasteiger partial charge in [0, 0.05) is 23.6 Å². The number of rotatable bonds is 7. The maximum atomic E-state index is 12.5. The Morgan fingerprint density at radius 2 is 1.79 bits per heavy atom. The molecule has 0 aliphatic heterocycles. The van der Waals surface area contributed by atoms with Gasteiger partial charge in [-0.3, -0.25) is 4.79 Å². The van der Waals surface area contributed by atoms with Gasteiger partial charge in [-0.2, -0.15) is 0 Å². The molecule has 0 fully saturated rings. The van der Waals surface area contributed by atoms with Crippen molar-refractivity contribution in [2.75, 3.05) is 24.9 Å². The molecule has 0 saturated heterocycles. The fourth-order valence-electron chi connectivity index (χ4n) is 2.81. The lowest BCUT2D eigenvalue weighted by atomic mass is 10.1. The van der Waals surface area contributed by atoms with E-state index in [1.54, 1.807) is 32.5 Å². The van der Waals surface area contributed by atoms with Gasteiger partial charge in [-0.05, 0) is 42.3 Å². The van der Waals surface area contributed by atoms with Crippen molar-refractivity contribution in [1.29, 1.82) is 0 Å². The minimum atomic E-state index is -0.189. The first kappa shape index (κ1) is 19.2. The van der Waals surface area contributed by atoms with Crippen LogP contribution in [0.2, 0.25) is 0 Å². The van der Waals surface area contributed by atoms with Crippen molar-refractivity contribution >= 4 is 23.1 Å². The molecule has 0 aliphatic carbocycles. The minimum Gasteiger partial charge on any atom is -0.493 e. The van der Waals surface area contributed by atoms with Gasteiger partial charge >= 0.3 is 0 Å². The van der Waals surface area contributed by atoms with E-state index in [-0.39, 0.29) is 5.91 Å². The van der Waals surface area contributed by atoms with E-state index >= 15 is 0 Å². The van der Waals surface area contributed by atoms with Gasteiger partial charge in [-0.1, -0.05) is 25.1 Å². The number of ether oxygens (including phenoxy) is 2. The zero-order chi connectivity index (χ0) is 19.9. The van der Waals surface area contributed by atoms with E-state index < -0.39 is 0 Å². The minimum absolute atomic E-state index is 0.189. The molecule has 2 aromatic carbocycles. The Balaban J connectivity index is 1.70. The average molecular weight is 377 g/mol. The van der Waals surface area contributed by atoms with Crippen LogP contribution in [0.1, 0.15) is 22.8 Å². The third-order valence-corrected chi connectivity index (χ3v) is 4.33. The third-order valence-electron chi connectivity index (χ3n) is 4.33. The van der Waals surface area contributed by atoms with Crippen LogP contribution in [-0.2, 0) is 6.42 Å². The molecule has 6 nitrogen and oxygen atoms in total. The number of hydrogen-bond acceptors (Lipinski definition) is 5. The molecule has 0 spiro atoms. The van der Waals surface area contributed by atoms with Crippen molar-refractivity contribution in [1.82, 2.24) is 4.98 Å². The number of pyridine rings is 1. The normalized spacial score (nSPS) is 10.2. The van der Waals surface area contributed by atoms with Gasteiger partial charge in [0.05, 0.1) is 19.8 Å². The number of methoxy groups -OCH3 is 2. The number of amides is 1. The number of hydrogen-bond donors (Lipinski definition) is 2. The van der Waals surface area contributed by atoms with Crippen molar-refractivity contribution in [3.8, 4) is 11.5 Å². The molecule has 1 amide bonds. The Hall–Kier alpha value is -3.54. The molecule has 144 valence electrons. The van der Waals surface area contributed by atoms with Crippen molar-refractivity contribution in [3.05, 3.63) is 71.9 Å². The van der Waals surface area contributed by atoms with Gasteiger partial charge < -0.3 is 20.1 Å². The molecule has 0 saturated carbocycles. The maximum absolute atomic E-state index is 12.5. The standard InChI is InChI=1S/C22H23N3O3/c1-4-15-7-5-6-8-18(15)25-22(26)16-9-12-21(23-14-16)24-17-10-11-19(27-2)20(13-17)28-3/h5-14H,4H2,1-3H3,(H,23,24)(H,25,26). The zero-order valence-corrected chi connectivity index (χ0v) is 16.2. The van der Waals surface area contributed by atoms with E-state index in [0.29, 0.717) is 22.9 Å². The van der Waals surface area contributed by atoms with Crippen LogP contribution in [0.5, 0.6) is 11.5 Å². The molecule has 6 heteroatoms. The van der Waals surface area contributed by atoms with Gasteiger partial charge in [-0.25, -0.2) is 4.98 Å². The summed E-state index contributed by atoms with van der Waals surface area (Å²) in [6.45, 7) is 2.06. The monoisotopic (exact) mass is 377 g/mol. The molecule has 2 N–H and O–H groups in total. The molecule has 0 bridgehead atoms. The summed E-state index contributed by atoms with van der Waals surface area (Å²) in [5, 5.41) is 6.13. The SMILES string of the molecule is CCc1ccccc1NC(=O)c1ccc(Nc2ccc(OC)c(OC)c2)nc1. The Morgan fingerprint density at radius 1 is 1.00 bits per heavy atom. The number of aryl methyl sites for hydroxylation is 1. The van der Waals surface area contributed by atoms with Crippen molar-refractivity contribution in [2.24, 2.45) is 0 Å². The molecule has 1 aromatic heterocycles. The number of nitrogens with zero attached hydrogens (tertiary/aromatic N) is 1. The Labute approximate surface area is 164 Å². The smallest absolute Gasteiger partial charge is 0.257 e. The average Bonchev–Trinajstić information content (AvgIpc) is 2.74. The Morgan fingerprint density at radius 3 is 2.46 bits per heavy atom. The number of anilines is 3. The van der Waals surface area contributed by atoms with E-state index in [9.17, 15) is 4.79 Å². The van der Waals surface area contributed by atoms with Crippen molar-refractivity contribution < 1.29 is 14.3 Å². The molecular formula is C22H23N3O3. The zero-order valence-electron chi connectivity index (χ0n) is 16.2. The second kappa shape index (κ2) is 8.90. The summed E-state index contributed by atoms with van der Waals surface area (Å²) in [5.74, 6) is 1.71. The number of benzene rings is 2. The molecule has 28 heavy (non-hydrogen) atoms. The summed E-state index contributed by atoms with van der Waals surface area (Å²) < 4.78 is 10.5. The summed E-state index contributed by atoms with van der Waals surface area (Å²) in [6, 6.07) is 16.8. The highest BCUT2D eigenvalue weighted by Gasteiger charge is 2.10. The number of aromatic nitrogens is 1. The van der Waals surface area contributed by atoms with Crippen molar-refractivity contribution in [3.63, 3.8) is 0 Å². The van der Waals surface area contributed by atoms with E-state index in [1.807, 2.05) is 42.5 Å². The predicted octanol–water partition coefficient (Wildman–Crippen LogP) is 4.66. The number of nitrogens with one attached hydrogen (secondary N) is 2. The number of para-hydroxylation sites is 1. The fraction of sp³-hybridized carbons (Fsp3) is 0.182. The van der Waals surface area contributed by atoms with Gasteiger partial charge in [0.2, 0.25) is 0 Å². The largest absolute Gasteiger partial charge is 0.493 e. The Kier molecular flexibility index (Phi) is 6.11. The van der Waals surface area contributed by atoms with Crippen LogP contribution in [0.15, 0.2) is 60.8 Å². The fourth-order valence-corrected chi connectivity index (χ4v) is 2.81. The van der Waals surface area contributed by atoms with Gasteiger partial charge in [-0.15, -0.1) is 0 Å². The summed E-state index contributed by atoms with van der Waals surface area (Å²) >= 11 is 0. The number of carbonyl (C=O) groups excluding carboxylic acids is 1. The lowest BCUT2D eigenvalue weighted by Gasteiger charge is -2.12. The highest BCUT2D eigenvalue weighted by molar-refractivity contribution is 6.04. The topological polar surface area (TPSA) is 72.5 Å². The van der Waals surface area contributed by atoms with Crippen LogP contribution in [-0.4, -0.2) is 25.1 Å². The first-order chi connectivity index (χ1) is 13.6. The molecule has 3 aromatic rings. The van der Waals surface area contributed by atoms with Gasteiger partial charge in [0.25, 0.3) is 5.91 Å². The van der Waals surface area contributed by atoms with Crippen LogP contribution >= 0.6 is 0 Å². The molecule has 0 aliphatic rings. The van der Waals surface area contributed by atoms with Crippen LogP contribution in [0.25, 0.3) is 0 Å². The highest BCUT2D eigenvalue weighted by atomic mass is 16.5. The van der Waals surface area contributed by atoms with Gasteiger partial charge in [0.15, 0.2) is 11.5 Å². The molecule has 3 rings (SSSR count). The summed E-state index contributed by atoms with van der Waals surface area (Å²) in [6.07, 6.45) is 2.40.